The molecule has 0 aliphatic rings. The van der Waals surface area contributed by atoms with Crippen molar-refractivity contribution < 1.29 is 19.1 Å². The molecule has 0 aliphatic heterocycles. The van der Waals surface area contributed by atoms with Gasteiger partial charge in [-0.3, -0.25) is 25.4 Å². The summed E-state index contributed by atoms with van der Waals surface area (Å²) in [6.45, 7) is 4.37. The summed E-state index contributed by atoms with van der Waals surface area (Å²) in [5.41, 5.74) is 7.11. The van der Waals surface area contributed by atoms with Gasteiger partial charge in [0.25, 0.3) is 11.8 Å². The Hall–Kier alpha value is -3.61. The molecule has 2 N–H and O–H groups in total. The Morgan fingerprint density at radius 1 is 1.00 bits per heavy atom. The Labute approximate surface area is 169 Å². The third kappa shape index (κ3) is 4.63. The van der Waals surface area contributed by atoms with Crippen LogP contribution in [-0.2, 0) is 0 Å². The number of aromatic nitrogens is 1. The fraction of sp³-hybridized carbons (Fsp3) is 0.227. The van der Waals surface area contributed by atoms with Crippen LogP contribution in [0, 0.1) is 6.92 Å². The number of hydrogen-bond donors (Lipinski definition) is 2. The third-order valence-electron chi connectivity index (χ3n) is 4.27. The van der Waals surface area contributed by atoms with E-state index in [1.807, 2.05) is 38.1 Å². The minimum atomic E-state index is -0.464. The molecule has 0 unspecified atom stereocenters. The number of benzene rings is 2. The van der Waals surface area contributed by atoms with Gasteiger partial charge >= 0.3 is 0 Å². The first-order chi connectivity index (χ1) is 14.0. The van der Waals surface area contributed by atoms with Gasteiger partial charge in [-0.1, -0.05) is 25.1 Å². The molecule has 2 amide bonds. The number of carbonyl (C=O) groups excluding carboxylic acids is 2. The molecular formula is C22H23N3O4. The lowest BCUT2D eigenvalue weighted by molar-refractivity contribution is 0.0847. The zero-order chi connectivity index (χ0) is 20.8. The molecule has 0 saturated carbocycles. The number of hydrogen-bond acceptors (Lipinski definition) is 5. The van der Waals surface area contributed by atoms with Crippen molar-refractivity contribution in [3.63, 3.8) is 0 Å². The summed E-state index contributed by atoms with van der Waals surface area (Å²) >= 11 is 0. The van der Waals surface area contributed by atoms with Crippen molar-refractivity contribution >= 4 is 22.7 Å². The molecule has 0 atom stereocenters. The topological polar surface area (TPSA) is 89.6 Å². The van der Waals surface area contributed by atoms with Gasteiger partial charge in [0.2, 0.25) is 0 Å². The number of amides is 2. The van der Waals surface area contributed by atoms with E-state index in [0.29, 0.717) is 40.3 Å². The summed E-state index contributed by atoms with van der Waals surface area (Å²) in [6, 6.07) is 13.9. The molecule has 7 heteroatoms. The van der Waals surface area contributed by atoms with E-state index in [0.717, 1.165) is 11.9 Å². The smallest absolute Gasteiger partial charge is 0.270 e. The average Bonchev–Trinajstić information content (AvgIpc) is 2.74. The number of hydrazine groups is 1. The van der Waals surface area contributed by atoms with Gasteiger partial charge in [0.15, 0.2) is 11.5 Å². The number of pyridine rings is 1. The van der Waals surface area contributed by atoms with E-state index in [1.165, 1.54) is 7.11 Å². The molecule has 0 bridgehead atoms. The third-order valence-corrected chi connectivity index (χ3v) is 4.27. The number of ether oxygens (including phenoxy) is 2. The number of carbonyl (C=O) groups is 2. The van der Waals surface area contributed by atoms with Gasteiger partial charge in [0.1, 0.15) is 0 Å². The van der Waals surface area contributed by atoms with Gasteiger partial charge in [-0.2, -0.15) is 0 Å². The van der Waals surface area contributed by atoms with Crippen molar-refractivity contribution in [2.45, 2.75) is 20.3 Å². The number of nitrogens with one attached hydrogen (secondary N) is 2. The minimum Gasteiger partial charge on any atom is -0.493 e. The number of fused-ring (bicyclic) bond motifs is 1. The van der Waals surface area contributed by atoms with E-state index in [2.05, 4.69) is 15.8 Å². The second-order valence-electron chi connectivity index (χ2n) is 6.45. The van der Waals surface area contributed by atoms with Crippen LogP contribution < -0.4 is 20.3 Å². The molecule has 3 aromatic rings. The van der Waals surface area contributed by atoms with Crippen molar-refractivity contribution in [2.24, 2.45) is 0 Å². The van der Waals surface area contributed by atoms with Crippen LogP contribution in [0.1, 0.15) is 39.8 Å². The monoisotopic (exact) mass is 393 g/mol. The maximum absolute atomic E-state index is 12.6. The Bertz CT molecular complexity index is 1050. The SMILES string of the molecule is CCCOc1ccc(C(=O)NNC(=O)c2cc(C)nc3ccccc23)cc1OC. The molecule has 2 aromatic carbocycles. The molecule has 150 valence electrons. The van der Waals surface area contributed by atoms with Gasteiger partial charge in [-0.15, -0.1) is 0 Å². The Morgan fingerprint density at radius 3 is 2.52 bits per heavy atom. The second-order valence-corrected chi connectivity index (χ2v) is 6.45. The number of aryl methyl sites for hydroxylation is 1. The summed E-state index contributed by atoms with van der Waals surface area (Å²) in [5.74, 6) is 0.130. The second kappa shape index (κ2) is 9.05. The highest BCUT2D eigenvalue weighted by atomic mass is 16.5. The van der Waals surface area contributed by atoms with E-state index >= 15 is 0 Å². The predicted octanol–water partition coefficient (Wildman–Crippen LogP) is 3.42. The summed E-state index contributed by atoms with van der Waals surface area (Å²) < 4.78 is 10.9. The van der Waals surface area contributed by atoms with E-state index in [4.69, 9.17) is 9.47 Å². The predicted molar refractivity (Wildman–Crippen MR) is 110 cm³/mol. The first-order valence-electron chi connectivity index (χ1n) is 9.31. The van der Waals surface area contributed by atoms with Gasteiger partial charge < -0.3 is 9.47 Å². The summed E-state index contributed by atoms with van der Waals surface area (Å²) in [5, 5.41) is 0.712. The van der Waals surface area contributed by atoms with Crippen LogP contribution in [0.3, 0.4) is 0 Å². The number of para-hydroxylation sites is 1. The van der Waals surface area contributed by atoms with E-state index < -0.39 is 11.8 Å². The number of methoxy groups -OCH3 is 1. The van der Waals surface area contributed by atoms with Crippen LogP contribution in [0.4, 0.5) is 0 Å². The first-order valence-corrected chi connectivity index (χ1v) is 9.31. The van der Waals surface area contributed by atoms with Crippen LogP contribution in [0.2, 0.25) is 0 Å². The van der Waals surface area contributed by atoms with Crippen LogP contribution in [0.15, 0.2) is 48.5 Å². The lowest BCUT2D eigenvalue weighted by Gasteiger charge is -2.13. The highest BCUT2D eigenvalue weighted by Gasteiger charge is 2.15. The van der Waals surface area contributed by atoms with Crippen molar-refractivity contribution in [1.29, 1.82) is 0 Å². The average molecular weight is 393 g/mol. The molecular weight excluding hydrogens is 370 g/mol. The largest absolute Gasteiger partial charge is 0.493 e. The van der Waals surface area contributed by atoms with Crippen molar-refractivity contribution in [3.8, 4) is 11.5 Å². The fourth-order valence-corrected chi connectivity index (χ4v) is 2.89. The van der Waals surface area contributed by atoms with Crippen LogP contribution in [0.5, 0.6) is 11.5 Å². The van der Waals surface area contributed by atoms with E-state index in [1.54, 1.807) is 24.3 Å². The van der Waals surface area contributed by atoms with Crippen LogP contribution >= 0.6 is 0 Å². The maximum Gasteiger partial charge on any atom is 0.270 e. The molecule has 0 saturated heterocycles. The van der Waals surface area contributed by atoms with Gasteiger partial charge in [0, 0.05) is 16.6 Å². The zero-order valence-corrected chi connectivity index (χ0v) is 16.6. The normalized spacial score (nSPS) is 10.4. The molecule has 0 aliphatic carbocycles. The summed E-state index contributed by atoms with van der Waals surface area (Å²) in [4.78, 5) is 29.5. The molecule has 3 rings (SSSR count). The van der Waals surface area contributed by atoms with Crippen LogP contribution in [-0.4, -0.2) is 30.5 Å². The molecule has 29 heavy (non-hydrogen) atoms. The Morgan fingerprint density at radius 2 is 1.76 bits per heavy atom. The standard InChI is InChI=1S/C22H23N3O4/c1-4-11-29-19-10-9-15(13-20(19)28-3)21(26)24-25-22(27)17-12-14(2)23-18-8-6-5-7-16(17)18/h5-10,12-13H,4,11H2,1-3H3,(H,24,26)(H,25,27). The molecule has 1 aromatic heterocycles. The van der Waals surface area contributed by atoms with Crippen molar-refractivity contribution in [2.75, 3.05) is 13.7 Å². The molecule has 0 radical (unpaired) electrons. The van der Waals surface area contributed by atoms with Crippen molar-refractivity contribution in [3.05, 3.63) is 65.4 Å². The molecule has 0 fully saturated rings. The maximum atomic E-state index is 12.6. The summed E-state index contributed by atoms with van der Waals surface area (Å²) in [7, 11) is 1.51. The molecule has 1 heterocycles. The number of nitrogens with zero attached hydrogens (tertiary/aromatic N) is 1. The Kier molecular flexibility index (Phi) is 6.29. The zero-order valence-electron chi connectivity index (χ0n) is 16.6. The minimum absolute atomic E-state index is 0.335. The lowest BCUT2D eigenvalue weighted by Crippen LogP contribution is -2.41. The highest BCUT2D eigenvalue weighted by Crippen LogP contribution is 2.28. The van der Waals surface area contributed by atoms with Gasteiger partial charge in [-0.25, -0.2) is 0 Å². The van der Waals surface area contributed by atoms with Crippen molar-refractivity contribution in [1.82, 2.24) is 15.8 Å². The lowest BCUT2D eigenvalue weighted by atomic mass is 10.1. The Balaban J connectivity index is 1.73. The number of rotatable bonds is 6. The molecule has 7 nitrogen and oxygen atoms in total. The van der Waals surface area contributed by atoms with E-state index in [-0.39, 0.29) is 0 Å². The highest BCUT2D eigenvalue weighted by molar-refractivity contribution is 6.07. The quantitative estimate of drug-likeness (QED) is 0.627. The van der Waals surface area contributed by atoms with Gasteiger partial charge in [-0.05, 0) is 43.7 Å². The molecule has 0 spiro atoms. The van der Waals surface area contributed by atoms with Gasteiger partial charge in [0.05, 0.1) is 24.8 Å². The van der Waals surface area contributed by atoms with E-state index in [9.17, 15) is 9.59 Å². The summed E-state index contributed by atoms with van der Waals surface area (Å²) in [6.07, 6.45) is 0.862. The first kappa shape index (κ1) is 20.1. The van der Waals surface area contributed by atoms with Crippen LogP contribution in [0.25, 0.3) is 10.9 Å². The fourth-order valence-electron chi connectivity index (χ4n) is 2.89.